The molecule has 38 valence electrons. The van der Waals surface area contributed by atoms with Gasteiger partial charge in [0.05, 0.1) is 10.0 Å². The molecule has 0 aromatic heterocycles. The quantitative estimate of drug-likeness (QED) is 0.472. The van der Waals surface area contributed by atoms with Gasteiger partial charge in [0.2, 0.25) is 0 Å². The molecule has 0 saturated carbocycles. The third-order valence-electron chi connectivity index (χ3n) is 0.332. The number of nitrogens with zero attached hydrogens (tertiary/aromatic N) is 1. The van der Waals surface area contributed by atoms with Crippen molar-refractivity contribution < 1.29 is 8.42 Å². The van der Waals surface area contributed by atoms with Gasteiger partial charge in [-0.15, -0.1) is 0 Å². The topological polar surface area (TPSA) is 48.2 Å². The molecule has 0 amide bonds. The largest absolute Gasteiger partial charge is 0.552 e. The Morgan fingerprint density at radius 1 is 1.50 bits per heavy atom. The van der Waals surface area contributed by atoms with Crippen LogP contribution >= 0.6 is 0 Å². The van der Waals surface area contributed by atoms with E-state index in [1.807, 2.05) is 0 Å². The molecule has 0 aromatic rings. The summed E-state index contributed by atoms with van der Waals surface area (Å²) in [7, 11) is -1.79. The van der Waals surface area contributed by atoms with E-state index < -0.39 is 10.0 Å². The maximum absolute atomic E-state index is 9.83. The van der Waals surface area contributed by atoms with Gasteiger partial charge in [0, 0.05) is 6.26 Å². The predicted octanol–water partition coefficient (Wildman–Crippen LogP) is -0.0505. The summed E-state index contributed by atoms with van der Waals surface area (Å²) in [5.74, 6) is 0. The fraction of sp³-hybridized carbons (Fsp3) is 1.00. The Morgan fingerprint density at radius 3 is 1.67 bits per heavy atom. The van der Waals surface area contributed by atoms with Gasteiger partial charge in [-0.05, 0) is 0 Å². The van der Waals surface area contributed by atoms with Crippen molar-refractivity contribution >= 4 is 10.0 Å². The van der Waals surface area contributed by atoms with Crippen LogP contribution < -0.4 is 0 Å². The summed E-state index contributed by atoms with van der Waals surface area (Å²) in [5.41, 5.74) is 0. The van der Waals surface area contributed by atoms with Gasteiger partial charge in [-0.3, -0.25) is 0 Å². The molecule has 0 unspecified atom stereocenters. The third kappa shape index (κ3) is 3.91. The first-order chi connectivity index (χ1) is 2.56. The van der Waals surface area contributed by atoms with E-state index in [4.69, 9.17) is 0 Å². The van der Waals surface area contributed by atoms with Crippen LogP contribution in [-0.4, -0.2) is 21.7 Å². The van der Waals surface area contributed by atoms with Crippen molar-refractivity contribution in [3.63, 3.8) is 0 Å². The van der Waals surface area contributed by atoms with E-state index in [0.717, 1.165) is 6.26 Å². The zero-order chi connectivity index (χ0) is 5.21. The lowest BCUT2D eigenvalue weighted by Gasteiger charge is -2.03. The van der Waals surface area contributed by atoms with E-state index in [1.165, 1.54) is 7.05 Å². The number of hydrogen-bond acceptors (Lipinski definition) is 2. The van der Waals surface area contributed by atoms with Crippen molar-refractivity contribution in [2.75, 3.05) is 13.3 Å². The average Bonchev–Trinajstić information content (AvgIpc) is 1.35. The summed E-state index contributed by atoms with van der Waals surface area (Å²) in [4.78, 5) is 0. The molecule has 0 N–H and O–H groups in total. The van der Waals surface area contributed by atoms with Gasteiger partial charge in [0.25, 0.3) is 0 Å². The molecule has 4 heteroatoms. The van der Waals surface area contributed by atoms with Gasteiger partial charge in [-0.1, -0.05) is 0 Å². The second kappa shape index (κ2) is 1.57. The van der Waals surface area contributed by atoms with E-state index in [1.54, 1.807) is 0 Å². The van der Waals surface area contributed by atoms with Crippen LogP contribution in [-0.2, 0) is 10.0 Å². The Kier molecular flexibility index (Phi) is 1.55. The molecule has 0 saturated heterocycles. The van der Waals surface area contributed by atoms with Crippen LogP contribution in [0.2, 0.25) is 0 Å². The molecular weight excluding hydrogens is 102 g/mol. The maximum atomic E-state index is 9.83. The first-order valence-electron chi connectivity index (χ1n) is 1.37. The molecule has 0 rings (SSSR count). The fourth-order valence-corrected chi connectivity index (χ4v) is 0. The fourth-order valence-electron chi connectivity index (χ4n) is 0. The van der Waals surface area contributed by atoms with Crippen LogP contribution in [0.15, 0.2) is 0 Å². The van der Waals surface area contributed by atoms with E-state index >= 15 is 0 Å². The smallest absolute Gasteiger partial charge is 0.0690 e. The molecule has 0 aliphatic rings. The second-order valence-corrected chi connectivity index (χ2v) is 2.75. The maximum Gasteiger partial charge on any atom is 0.0690 e. The molecule has 0 bridgehead atoms. The summed E-state index contributed by atoms with van der Waals surface area (Å²) >= 11 is 0. The van der Waals surface area contributed by atoms with Gasteiger partial charge in [-0.2, -0.15) is 7.05 Å². The van der Waals surface area contributed by atoms with Gasteiger partial charge in [0.15, 0.2) is 0 Å². The lowest BCUT2D eigenvalue weighted by molar-refractivity contribution is 0.608. The van der Waals surface area contributed by atoms with Crippen molar-refractivity contribution in [2.45, 2.75) is 0 Å². The van der Waals surface area contributed by atoms with Crippen LogP contribution in [0.4, 0.5) is 0 Å². The number of sulfonamides is 1. The minimum Gasteiger partial charge on any atom is -0.552 e. The Hall–Kier alpha value is -0.0900. The molecule has 0 aromatic carbocycles. The van der Waals surface area contributed by atoms with E-state index in [2.05, 4.69) is 4.72 Å². The van der Waals surface area contributed by atoms with Crippen molar-refractivity contribution in [1.29, 1.82) is 0 Å². The molecule has 0 atom stereocenters. The Morgan fingerprint density at radius 2 is 1.67 bits per heavy atom. The standard InChI is InChI=1S/C2H6NO2S/c1-3-6(2,4)5/h1-2H3/q-1. The first-order valence-corrected chi connectivity index (χ1v) is 3.22. The number of hydrogen-bond donors (Lipinski definition) is 0. The van der Waals surface area contributed by atoms with Crippen molar-refractivity contribution in [3.05, 3.63) is 4.72 Å². The van der Waals surface area contributed by atoms with E-state index in [-0.39, 0.29) is 0 Å². The second-order valence-electron chi connectivity index (χ2n) is 0.916. The first kappa shape index (κ1) is 5.91. The molecule has 3 nitrogen and oxygen atoms in total. The minimum atomic E-state index is -3.04. The summed E-state index contributed by atoms with van der Waals surface area (Å²) in [5, 5.41) is 0. The number of rotatable bonds is 1. The SMILES string of the molecule is C[N-]S(C)(=O)=O. The molecule has 0 aliphatic carbocycles. The molecular formula is C2H6NO2S-. The molecule has 0 aliphatic heterocycles. The van der Waals surface area contributed by atoms with Crippen molar-refractivity contribution in [3.8, 4) is 0 Å². The zero-order valence-electron chi connectivity index (χ0n) is 3.67. The Bertz CT molecular complexity index is 114. The van der Waals surface area contributed by atoms with Crippen LogP contribution in [0.1, 0.15) is 0 Å². The molecule has 0 radical (unpaired) electrons. The zero-order valence-corrected chi connectivity index (χ0v) is 4.49. The molecule has 6 heavy (non-hydrogen) atoms. The van der Waals surface area contributed by atoms with Crippen LogP contribution in [0, 0.1) is 0 Å². The highest BCUT2D eigenvalue weighted by Crippen LogP contribution is 1.86. The predicted molar refractivity (Wildman–Crippen MR) is 24.1 cm³/mol. The summed E-state index contributed by atoms with van der Waals surface area (Å²) in [6.07, 6.45) is 1.05. The average molecular weight is 108 g/mol. The third-order valence-corrected chi connectivity index (χ3v) is 0.995. The monoisotopic (exact) mass is 108 g/mol. The molecule has 0 spiro atoms. The van der Waals surface area contributed by atoms with E-state index in [9.17, 15) is 8.42 Å². The van der Waals surface area contributed by atoms with Gasteiger partial charge < -0.3 is 4.72 Å². The summed E-state index contributed by atoms with van der Waals surface area (Å²) in [6.45, 7) is 0. The van der Waals surface area contributed by atoms with Crippen LogP contribution in [0.5, 0.6) is 0 Å². The van der Waals surface area contributed by atoms with Crippen molar-refractivity contribution in [1.82, 2.24) is 0 Å². The van der Waals surface area contributed by atoms with Gasteiger partial charge >= 0.3 is 0 Å². The van der Waals surface area contributed by atoms with Gasteiger partial charge in [0.1, 0.15) is 0 Å². The highest BCUT2D eigenvalue weighted by atomic mass is 32.2. The highest BCUT2D eigenvalue weighted by molar-refractivity contribution is 7.93. The summed E-state index contributed by atoms with van der Waals surface area (Å²) in [6, 6.07) is 0. The highest BCUT2D eigenvalue weighted by Gasteiger charge is 1.73. The van der Waals surface area contributed by atoms with E-state index in [0.29, 0.717) is 0 Å². The summed E-state index contributed by atoms with van der Waals surface area (Å²) < 4.78 is 22.7. The van der Waals surface area contributed by atoms with Crippen LogP contribution in [0.25, 0.3) is 4.72 Å². The van der Waals surface area contributed by atoms with Gasteiger partial charge in [-0.25, -0.2) is 8.42 Å². The van der Waals surface area contributed by atoms with Crippen LogP contribution in [0.3, 0.4) is 0 Å². The lowest BCUT2D eigenvalue weighted by Crippen LogP contribution is -1.88. The Labute approximate surface area is 37.4 Å². The normalized spacial score (nSPS) is 11.7. The Balaban J connectivity index is 3.85. The minimum absolute atomic E-state index is 1.05. The lowest BCUT2D eigenvalue weighted by atomic mass is 11.6. The molecule has 0 heterocycles. The van der Waals surface area contributed by atoms with Crippen molar-refractivity contribution in [2.24, 2.45) is 0 Å². The molecule has 0 fully saturated rings.